The molecule has 0 unspecified atom stereocenters. The molecule has 2 aromatic rings. The topological polar surface area (TPSA) is 64.3 Å². The molecule has 0 aliphatic carbocycles. The van der Waals surface area contributed by atoms with Crippen molar-refractivity contribution >= 4 is 12.2 Å². The first kappa shape index (κ1) is 18.7. The number of rotatable bonds is 5. The molecule has 0 aromatic heterocycles. The second kappa shape index (κ2) is 9.64. The maximum atomic E-state index is 9.60. The third kappa shape index (κ3) is 8.63. The largest absolute Gasteiger partial charge is 0.462 e. The van der Waals surface area contributed by atoms with Crippen LogP contribution in [0.25, 0.3) is 0 Å². The normalized spacial score (nSPS) is 10.3. The van der Waals surface area contributed by atoms with Gasteiger partial charge in [0, 0.05) is 18.8 Å². The van der Waals surface area contributed by atoms with Crippen LogP contribution in [0.15, 0.2) is 54.6 Å². The second-order valence-electron chi connectivity index (χ2n) is 6.07. The zero-order chi connectivity index (χ0) is 17.1. The van der Waals surface area contributed by atoms with E-state index < -0.39 is 0 Å². The van der Waals surface area contributed by atoms with Crippen LogP contribution in [0, 0.1) is 0 Å². The minimum Gasteiger partial charge on any atom is -0.462 e. The van der Waals surface area contributed by atoms with Crippen LogP contribution in [0.1, 0.15) is 31.9 Å². The Labute approximate surface area is 138 Å². The minimum absolute atomic E-state index is 0.318. The molecule has 3 N–H and O–H groups in total. The van der Waals surface area contributed by atoms with E-state index in [9.17, 15) is 4.79 Å². The van der Waals surface area contributed by atoms with Crippen molar-refractivity contribution in [3.05, 3.63) is 65.7 Å². The average molecular weight is 314 g/mol. The number of nitrogens with two attached hydrogens (primary N) is 1. The van der Waals surface area contributed by atoms with Crippen molar-refractivity contribution < 1.29 is 9.53 Å². The number of hydrogen-bond donors (Lipinski definition) is 2. The standard InChI is InChI=1S/C14H16N2.C5H10O2/c15-10-13-7-4-8-14(9-13)16-11-12-5-2-1-3-6-12;1-5(2,3)7-4-6/h1-9,16H,10-11,15H2;4H,1-3H3. The van der Waals surface area contributed by atoms with Crippen LogP contribution < -0.4 is 11.1 Å². The Morgan fingerprint density at radius 2 is 1.70 bits per heavy atom. The lowest BCUT2D eigenvalue weighted by molar-refractivity contribution is -0.138. The zero-order valence-electron chi connectivity index (χ0n) is 14.1. The SMILES string of the molecule is CC(C)(C)OC=O.NCc1cccc(NCc2ccccc2)c1. The summed E-state index contributed by atoms with van der Waals surface area (Å²) in [5, 5.41) is 3.38. The summed E-state index contributed by atoms with van der Waals surface area (Å²) in [5.41, 5.74) is 8.83. The third-order valence-corrected chi connectivity index (χ3v) is 2.90. The summed E-state index contributed by atoms with van der Waals surface area (Å²) in [6, 6.07) is 18.5. The predicted molar refractivity (Wildman–Crippen MR) is 95.0 cm³/mol. The molecule has 0 saturated heterocycles. The van der Waals surface area contributed by atoms with Gasteiger partial charge in [-0.1, -0.05) is 42.5 Å². The molecule has 0 fully saturated rings. The molecular formula is C19H26N2O2. The highest BCUT2D eigenvalue weighted by atomic mass is 16.5. The highest BCUT2D eigenvalue weighted by Gasteiger charge is 2.07. The molecule has 0 heterocycles. The van der Waals surface area contributed by atoms with Gasteiger partial charge in [0.05, 0.1) is 0 Å². The van der Waals surface area contributed by atoms with Gasteiger partial charge in [-0.2, -0.15) is 0 Å². The maximum Gasteiger partial charge on any atom is 0.293 e. The molecular weight excluding hydrogens is 288 g/mol. The Morgan fingerprint density at radius 3 is 2.22 bits per heavy atom. The van der Waals surface area contributed by atoms with Crippen LogP contribution in [0.5, 0.6) is 0 Å². The zero-order valence-corrected chi connectivity index (χ0v) is 14.1. The van der Waals surface area contributed by atoms with Crippen LogP contribution in [0.4, 0.5) is 5.69 Å². The summed E-state index contributed by atoms with van der Waals surface area (Å²) >= 11 is 0. The Hall–Kier alpha value is -2.33. The molecule has 4 heteroatoms. The van der Waals surface area contributed by atoms with Gasteiger partial charge in [-0.05, 0) is 44.0 Å². The van der Waals surface area contributed by atoms with Crippen molar-refractivity contribution in [1.82, 2.24) is 0 Å². The van der Waals surface area contributed by atoms with Crippen LogP contribution in [-0.2, 0) is 22.6 Å². The predicted octanol–water partition coefficient (Wildman–Crippen LogP) is 3.72. The second-order valence-corrected chi connectivity index (χ2v) is 6.07. The van der Waals surface area contributed by atoms with Crippen molar-refractivity contribution in [3.8, 4) is 0 Å². The monoisotopic (exact) mass is 314 g/mol. The van der Waals surface area contributed by atoms with Gasteiger partial charge >= 0.3 is 0 Å². The lowest BCUT2D eigenvalue weighted by Gasteiger charge is -2.14. The Morgan fingerprint density at radius 1 is 1.04 bits per heavy atom. The lowest BCUT2D eigenvalue weighted by Crippen LogP contribution is -2.17. The lowest BCUT2D eigenvalue weighted by atomic mass is 10.2. The number of carbonyl (C=O) groups excluding carboxylic acids is 1. The molecule has 0 radical (unpaired) electrons. The fourth-order valence-corrected chi connectivity index (χ4v) is 1.75. The molecule has 0 aliphatic heterocycles. The van der Waals surface area contributed by atoms with E-state index in [4.69, 9.17) is 5.73 Å². The molecule has 0 saturated carbocycles. The van der Waals surface area contributed by atoms with Crippen molar-refractivity contribution in [2.45, 2.75) is 39.5 Å². The summed E-state index contributed by atoms with van der Waals surface area (Å²) in [4.78, 5) is 9.60. The minimum atomic E-state index is -0.318. The fourth-order valence-electron chi connectivity index (χ4n) is 1.75. The van der Waals surface area contributed by atoms with Crippen molar-refractivity contribution in [3.63, 3.8) is 0 Å². The van der Waals surface area contributed by atoms with Gasteiger partial charge in [-0.25, -0.2) is 0 Å². The molecule has 4 nitrogen and oxygen atoms in total. The highest BCUT2D eigenvalue weighted by Crippen LogP contribution is 2.11. The molecule has 0 amide bonds. The molecule has 0 atom stereocenters. The van der Waals surface area contributed by atoms with E-state index in [0.29, 0.717) is 13.0 Å². The molecule has 23 heavy (non-hydrogen) atoms. The van der Waals surface area contributed by atoms with E-state index in [1.807, 2.05) is 51.1 Å². The van der Waals surface area contributed by atoms with Crippen LogP contribution >= 0.6 is 0 Å². The first-order chi connectivity index (χ1) is 10.9. The van der Waals surface area contributed by atoms with E-state index in [1.54, 1.807) is 0 Å². The molecule has 124 valence electrons. The Kier molecular flexibility index (Phi) is 7.84. The van der Waals surface area contributed by atoms with E-state index in [1.165, 1.54) is 5.56 Å². The number of benzene rings is 2. The first-order valence-corrected chi connectivity index (χ1v) is 7.63. The molecule has 0 spiro atoms. The van der Waals surface area contributed by atoms with Crippen LogP contribution in [0.3, 0.4) is 0 Å². The van der Waals surface area contributed by atoms with E-state index in [2.05, 4.69) is 34.3 Å². The molecule has 2 aromatic carbocycles. The number of hydrogen-bond acceptors (Lipinski definition) is 4. The first-order valence-electron chi connectivity index (χ1n) is 7.63. The number of ether oxygens (including phenoxy) is 1. The molecule has 2 rings (SSSR count). The highest BCUT2D eigenvalue weighted by molar-refractivity contribution is 5.46. The van der Waals surface area contributed by atoms with Gasteiger partial charge in [0.2, 0.25) is 0 Å². The summed E-state index contributed by atoms with van der Waals surface area (Å²) in [6.45, 7) is 7.35. The number of carbonyl (C=O) groups is 1. The van der Waals surface area contributed by atoms with Gasteiger partial charge in [0.1, 0.15) is 5.60 Å². The number of anilines is 1. The quantitative estimate of drug-likeness (QED) is 0.826. The van der Waals surface area contributed by atoms with E-state index in [-0.39, 0.29) is 5.60 Å². The van der Waals surface area contributed by atoms with Gasteiger partial charge in [-0.15, -0.1) is 0 Å². The molecule has 0 bridgehead atoms. The van der Waals surface area contributed by atoms with Crippen molar-refractivity contribution in [2.75, 3.05) is 5.32 Å². The summed E-state index contributed by atoms with van der Waals surface area (Å²) in [5.74, 6) is 0. The van der Waals surface area contributed by atoms with Crippen molar-refractivity contribution in [2.24, 2.45) is 5.73 Å². The Balaban J connectivity index is 0.000000322. The fraction of sp³-hybridized carbons (Fsp3) is 0.316. The van der Waals surface area contributed by atoms with E-state index >= 15 is 0 Å². The summed E-state index contributed by atoms with van der Waals surface area (Å²) in [7, 11) is 0. The van der Waals surface area contributed by atoms with Gasteiger partial charge in [0.25, 0.3) is 6.47 Å². The van der Waals surface area contributed by atoms with Gasteiger partial charge < -0.3 is 15.8 Å². The van der Waals surface area contributed by atoms with E-state index in [0.717, 1.165) is 17.8 Å². The average Bonchev–Trinajstić information content (AvgIpc) is 2.54. The maximum absolute atomic E-state index is 9.60. The third-order valence-electron chi connectivity index (χ3n) is 2.90. The smallest absolute Gasteiger partial charge is 0.293 e. The van der Waals surface area contributed by atoms with Crippen LogP contribution in [-0.4, -0.2) is 12.1 Å². The van der Waals surface area contributed by atoms with Gasteiger partial charge in [-0.3, -0.25) is 4.79 Å². The number of nitrogens with one attached hydrogen (secondary N) is 1. The summed E-state index contributed by atoms with van der Waals surface area (Å²) in [6.07, 6.45) is 0. The Bertz CT molecular complexity index is 577. The van der Waals surface area contributed by atoms with Crippen LogP contribution in [0.2, 0.25) is 0 Å². The summed E-state index contributed by atoms with van der Waals surface area (Å²) < 4.78 is 4.55. The van der Waals surface area contributed by atoms with Crippen molar-refractivity contribution in [1.29, 1.82) is 0 Å². The molecule has 0 aliphatic rings. The van der Waals surface area contributed by atoms with Gasteiger partial charge in [0.15, 0.2) is 0 Å².